The van der Waals surface area contributed by atoms with Crippen molar-refractivity contribution in [1.29, 1.82) is 0 Å². The fraction of sp³-hybridized carbons (Fsp3) is 0.471. The number of likely N-dealkylation sites (N-methyl/N-ethyl adjacent to an activating group) is 1. The van der Waals surface area contributed by atoms with Crippen LogP contribution in [0.25, 0.3) is 5.69 Å². The summed E-state index contributed by atoms with van der Waals surface area (Å²) >= 11 is 0. The molecular formula is C17H24N4. The summed E-state index contributed by atoms with van der Waals surface area (Å²) in [5.41, 5.74) is 2.40. The van der Waals surface area contributed by atoms with Gasteiger partial charge in [-0.15, -0.1) is 0 Å². The second-order valence-corrected chi connectivity index (χ2v) is 5.86. The highest BCUT2D eigenvalue weighted by Crippen LogP contribution is 2.24. The van der Waals surface area contributed by atoms with Crippen LogP contribution in [0, 0.1) is 6.92 Å². The quantitative estimate of drug-likeness (QED) is 0.792. The van der Waals surface area contributed by atoms with Crippen molar-refractivity contribution in [2.45, 2.75) is 32.4 Å². The second kappa shape index (κ2) is 6.41. The van der Waals surface area contributed by atoms with Crippen molar-refractivity contribution in [3.63, 3.8) is 0 Å². The van der Waals surface area contributed by atoms with Crippen LogP contribution in [0.5, 0.6) is 0 Å². The van der Waals surface area contributed by atoms with Gasteiger partial charge < -0.3 is 10.2 Å². The molecular weight excluding hydrogens is 260 g/mol. The van der Waals surface area contributed by atoms with Crippen LogP contribution in [-0.4, -0.2) is 40.6 Å². The molecule has 0 spiro atoms. The van der Waals surface area contributed by atoms with E-state index in [0.717, 1.165) is 31.5 Å². The first-order valence-corrected chi connectivity index (χ1v) is 7.75. The van der Waals surface area contributed by atoms with Gasteiger partial charge >= 0.3 is 0 Å². The molecule has 3 rings (SSSR count). The van der Waals surface area contributed by atoms with Crippen LogP contribution in [0.3, 0.4) is 0 Å². The maximum atomic E-state index is 4.46. The summed E-state index contributed by atoms with van der Waals surface area (Å²) in [5, 5.41) is 3.54. The average Bonchev–Trinajstić information content (AvgIpc) is 3.29. The van der Waals surface area contributed by atoms with Crippen molar-refractivity contribution in [3.05, 3.63) is 48.0 Å². The Balaban J connectivity index is 1.58. The van der Waals surface area contributed by atoms with E-state index in [4.69, 9.17) is 0 Å². The molecule has 4 heteroatoms. The first-order chi connectivity index (χ1) is 10.3. The van der Waals surface area contributed by atoms with Crippen molar-refractivity contribution >= 4 is 0 Å². The fourth-order valence-corrected chi connectivity index (χ4v) is 2.72. The number of nitrogens with one attached hydrogen (secondary N) is 1. The van der Waals surface area contributed by atoms with Gasteiger partial charge in [-0.1, -0.05) is 18.2 Å². The maximum Gasteiger partial charge on any atom is 0.110 e. The number of hydrogen-bond donors (Lipinski definition) is 1. The van der Waals surface area contributed by atoms with Gasteiger partial charge in [0.2, 0.25) is 0 Å². The molecule has 0 radical (unpaired) electrons. The van der Waals surface area contributed by atoms with Gasteiger partial charge in [0.25, 0.3) is 0 Å². The van der Waals surface area contributed by atoms with Crippen LogP contribution < -0.4 is 5.32 Å². The molecule has 1 N–H and O–H groups in total. The van der Waals surface area contributed by atoms with Crippen molar-refractivity contribution in [2.75, 3.05) is 20.1 Å². The third-order valence-electron chi connectivity index (χ3n) is 4.14. The second-order valence-electron chi connectivity index (χ2n) is 5.86. The Morgan fingerprint density at radius 3 is 2.76 bits per heavy atom. The van der Waals surface area contributed by atoms with E-state index < -0.39 is 0 Å². The topological polar surface area (TPSA) is 33.1 Å². The predicted octanol–water partition coefficient (Wildman–Crippen LogP) is 2.36. The molecule has 4 nitrogen and oxygen atoms in total. The van der Waals surface area contributed by atoms with Gasteiger partial charge in [0.1, 0.15) is 5.82 Å². The highest BCUT2D eigenvalue weighted by Gasteiger charge is 2.25. The van der Waals surface area contributed by atoms with E-state index in [1.54, 1.807) is 0 Å². The third kappa shape index (κ3) is 3.52. The van der Waals surface area contributed by atoms with Crippen LogP contribution in [0.1, 0.15) is 24.4 Å². The maximum absolute atomic E-state index is 4.46. The van der Waals surface area contributed by atoms with Crippen LogP contribution in [0.2, 0.25) is 0 Å². The molecule has 1 aliphatic carbocycles. The van der Waals surface area contributed by atoms with Gasteiger partial charge in [-0.3, -0.25) is 4.57 Å². The number of nitrogens with zero attached hydrogens (tertiary/aromatic N) is 3. The first-order valence-electron chi connectivity index (χ1n) is 7.75. The molecule has 0 aliphatic heterocycles. The van der Waals surface area contributed by atoms with Crippen molar-refractivity contribution < 1.29 is 0 Å². The summed E-state index contributed by atoms with van der Waals surface area (Å²) in [6.45, 7) is 5.04. The minimum atomic E-state index is 0.837. The smallest absolute Gasteiger partial charge is 0.110 e. The molecule has 1 saturated carbocycles. The summed E-state index contributed by atoms with van der Waals surface area (Å²) in [7, 11) is 2.22. The van der Waals surface area contributed by atoms with Crippen molar-refractivity contribution in [1.82, 2.24) is 19.8 Å². The van der Waals surface area contributed by atoms with E-state index in [-0.39, 0.29) is 0 Å². The highest BCUT2D eigenvalue weighted by molar-refractivity contribution is 5.35. The lowest BCUT2D eigenvalue weighted by atomic mass is 10.3. The van der Waals surface area contributed by atoms with Crippen LogP contribution in [0.4, 0.5) is 0 Å². The Morgan fingerprint density at radius 2 is 2.05 bits per heavy atom. The van der Waals surface area contributed by atoms with Crippen LogP contribution in [0.15, 0.2) is 36.5 Å². The highest BCUT2D eigenvalue weighted by atomic mass is 15.2. The summed E-state index contributed by atoms with van der Waals surface area (Å²) in [5.74, 6) is 1.04. The summed E-state index contributed by atoms with van der Waals surface area (Å²) in [6.07, 6.45) is 4.72. The monoisotopic (exact) mass is 284 g/mol. The van der Waals surface area contributed by atoms with E-state index >= 15 is 0 Å². The van der Waals surface area contributed by atoms with Crippen LogP contribution in [-0.2, 0) is 6.54 Å². The van der Waals surface area contributed by atoms with E-state index in [1.165, 1.54) is 24.2 Å². The van der Waals surface area contributed by atoms with Gasteiger partial charge in [-0.25, -0.2) is 4.98 Å². The van der Waals surface area contributed by atoms with E-state index in [0.29, 0.717) is 0 Å². The number of aromatic nitrogens is 2. The number of benzene rings is 1. The predicted molar refractivity (Wildman–Crippen MR) is 85.7 cm³/mol. The minimum Gasteiger partial charge on any atom is -0.310 e. The molecule has 1 fully saturated rings. The molecule has 0 bridgehead atoms. The van der Waals surface area contributed by atoms with Crippen molar-refractivity contribution in [3.8, 4) is 5.69 Å². The number of rotatable bonds is 7. The van der Waals surface area contributed by atoms with E-state index in [1.807, 2.05) is 12.3 Å². The SMILES string of the molecule is Cc1ncc(CNCCN(C)C2CC2)n1-c1ccccc1. The molecule has 0 amide bonds. The molecule has 0 atom stereocenters. The molecule has 0 unspecified atom stereocenters. The third-order valence-corrected chi connectivity index (χ3v) is 4.14. The zero-order chi connectivity index (χ0) is 14.7. The normalized spacial score (nSPS) is 14.8. The minimum absolute atomic E-state index is 0.837. The molecule has 1 aliphatic rings. The van der Waals surface area contributed by atoms with E-state index in [2.05, 4.69) is 58.0 Å². The summed E-state index contributed by atoms with van der Waals surface area (Å²) in [4.78, 5) is 6.91. The lowest BCUT2D eigenvalue weighted by Crippen LogP contribution is -2.30. The van der Waals surface area contributed by atoms with Gasteiger partial charge in [0.15, 0.2) is 0 Å². The van der Waals surface area contributed by atoms with Crippen molar-refractivity contribution in [2.24, 2.45) is 0 Å². The van der Waals surface area contributed by atoms with Gasteiger partial charge in [-0.2, -0.15) is 0 Å². The van der Waals surface area contributed by atoms with Crippen LogP contribution >= 0.6 is 0 Å². The Labute approximate surface area is 126 Å². The molecule has 1 aromatic carbocycles. The van der Waals surface area contributed by atoms with E-state index in [9.17, 15) is 0 Å². The zero-order valence-electron chi connectivity index (χ0n) is 12.9. The lowest BCUT2D eigenvalue weighted by molar-refractivity contribution is 0.321. The number of imidazole rings is 1. The molecule has 1 heterocycles. The molecule has 21 heavy (non-hydrogen) atoms. The zero-order valence-corrected chi connectivity index (χ0v) is 12.9. The first kappa shape index (κ1) is 14.3. The number of aryl methyl sites for hydroxylation is 1. The molecule has 2 aromatic rings. The molecule has 1 aromatic heterocycles. The lowest BCUT2D eigenvalue weighted by Gasteiger charge is -2.16. The molecule has 112 valence electrons. The summed E-state index contributed by atoms with van der Waals surface area (Å²) < 4.78 is 2.22. The summed E-state index contributed by atoms with van der Waals surface area (Å²) in [6, 6.07) is 11.3. The van der Waals surface area contributed by atoms with Gasteiger partial charge in [0, 0.05) is 31.4 Å². The number of para-hydroxylation sites is 1. The largest absolute Gasteiger partial charge is 0.310 e. The number of hydrogen-bond acceptors (Lipinski definition) is 3. The average molecular weight is 284 g/mol. The fourth-order valence-electron chi connectivity index (χ4n) is 2.72. The Bertz CT molecular complexity index is 572. The standard InChI is InChI=1S/C17H24N4/c1-14-19-13-17(21(14)16-6-4-3-5-7-16)12-18-10-11-20(2)15-8-9-15/h3-7,13,15,18H,8-12H2,1-2H3. The van der Waals surface area contributed by atoms with Gasteiger partial charge in [-0.05, 0) is 38.9 Å². The Hall–Kier alpha value is -1.65. The Morgan fingerprint density at radius 1 is 1.29 bits per heavy atom. The van der Waals surface area contributed by atoms with Gasteiger partial charge in [0.05, 0.1) is 11.9 Å². The molecule has 0 saturated heterocycles. The Kier molecular flexibility index (Phi) is 4.36.